The van der Waals surface area contributed by atoms with Gasteiger partial charge in [0, 0.05) is 10.8 Å². The third-order valence-corrected chi connectivity index (χ3v) is 4.22. The second kappa shape index (κ2) is 10.4. The van der Waals surface area contributed by atoms with Gasteiger partial charge in [0.15, 0.2) is 6.61 Å². The number of halogens is 1. The van der Waals surface area contributed by atoms with E-state index in [1.807, 2.05) is 30.3 Å². The van der Waals surface area contributed by atoms with Gasteiger partial charge in [0.2, 0.25) is 5.91 Å². The lowest BCUT2D eigenvalue weighted by molar-refractivity contribution is -0.118. The number of carbonyl (C=O) groups excluding carboxylic acids is 1. The van der Waals surface area contributed by atoms with Crippen LogP contribution >= 0.6 is 23.4 Å². The Morgan fingerprint density at radius 1 is 1.32 bits per heavy atom. The van der Waals surface area contributed by atoms with Crippen molar-refractivity contribution in [3.63, 3.8) is 0 Å². The van der Waals surface area contributed by atoms with Gasteiger partial charge in [-0.1, -0.05) is 23.7 Å². The highest BCUT2D eigenvalue weighted by Gasteiger charge is 2.01. The van der Waals surface area contributed by atoms with Crippen molar-refractivity contribution >= 4 is 35.5 Å². The summed E-state index contributed by atoms with van der Waals surface area (Å²) in [6.07, 6.45) is 1.55. The van der Waals surface area contributed by atoms with Crippen molar-refractivity contribution in [1.82, 2.24) is 5.43 Å². The fourth-order valence-electron chi connectivity index (χ4n) is 1.87. The number of thioether (sulfide) groups is 1. The summed E-state index contributed by atoms with van der Waals surface area (Å²) in [6.45, 7) is 0.0103. The molecular formula is C18H16ClN3O2S. The van der Waals surface area contributed by atoms with Crippen LogP contribution in [0.15, 0.2) is 53.6 Å². The lowest BCUT2D eigenvalue weighted by Crippen LogP contribution is -2.19. The summed E-state index contributed by atoms with van der Waals surface area (Å²) in [4.78, 5) is 11.7. The van der Waals surface area contributed by atoms with Crippen LogP contribution < -0.4 is 10.2 Å². The van der Waals surface area contributed by atoms with E-state index in [2.05, 4.69) is 10.5 Å². The van der Waals surface area contributed by atoms with Gasteiger partial charge in [-0.2, -0.15) is 10.4 Å². The smallest absolute Gasteiger partial charge is 0.250 e. The van der Waals surface area contributed by atoms with Crippen LogP contribution in [0.1, 0.15) is 11.1 Å². The van der Waals surface area contributed by atoms with Crippen molar-refractivity contribution < 1.29 is 9.53 Å². The Labute approximate surface area is 155 Å². The van der Waals surface area contributed by atoms with Gasteiger partial charge in [-0.05, 0) is 47.5 Å². The number of benzene rings is 2. The van der Waals surface area contributed by atoms with Crippen LogP contribution in [0.5, 0.6) is 5.75 Å². The second-order valence-electron chi connectivity index (χ2n) is 4.93. The van der Waals surface area contributed by atoms with E-state index in [4.69, 9.17) is 21.6 Å². The zero-order valence-corrected chi connectivity index (χ0v) is 14.9. The van der Waals surface area contributed by atoms with Crippen LogP contribution in [-0.2, 0) is 10.5 Å². The summed E-state index contributed by atoms with van der Waals surface area (Å²) >= 11 is 7.41. The first-order valence-corrected chi connectivity index (χ1v) is 8.94. The number of hydrogen-bond acceptors (Lipinski definition) is 5. The molecule has 0 aliphatic heterocycles. The normalized spacial score (nSPS) is 10.4. The molecule has 2 rings (SSSR count). The van der Waals surface area contributed by atoms with E-state index in [9.17, 15) is 4.79 Å². The summed E-state index contributed by atoms with van der Waals surface area (Å²) in [5, 5.41) is 13.1. The van der Waals surface area contributed by atoms with Gasteiger partial charge < -0.3 is 4.74 Å². The molecule has 0 saturated carbocycles. The van der Waals surface area contributed by atoms with Crippen LogP contribution in [0.25, 0.3) is 0 Å². The number of ether oxygens (including phenoxy) is 1. The van der Waals surface area contributed by atoms with E-state index < -0.39 is 0 Å². The van der Waals surface area contributed by atoms with Gasteiger partial charge in [0.25, 0.3) is 0 Å². The van der Waals surface area contributed by atoms with Gasteiger partial charge in [-0.15, -0.1) is 11.8 Å². The lowest BCUT2D eigenvalue weighted by atomic mass is 10.2. The lowest BCUT2D eigenvalue weighted by Gasteiger charge is -2.02. The number of nitrogens with one attached hydrogen (secondary N) is 1. The molecule has 0 bridgehead atoms. The molecule has 1 amide bonds. The number of carbonyl (C=O) groups is 1. The molecule has 0 saturated heterocycles. The van der Waals surface area contributed by atoms with Crippen molar-refractivity contribution in [2.45, 2.75) is 5.75 Å². The molecule has 0 fully saturated rings. The highest BCUT2D eigenvalue weighted by atomic mass is 35.5. The molecular weight excluding hydrogens is 358 g/mol. The third-order valence-electron chi connectivity index (χ3n) is 2.98. The topological polar surface area (TPSA) is 74.5 Å². The Balaban J connectivity index is 1.70. The molecule has 128 valence electrons. The van der Waals surface area contributed by atoms with Gasteiger partial charge in [0.05, 0.1) is 12.0 Å². The highest BCUT2D eigenvalue weighted by molar-refractivity contribution is 7.99. The van der Waals surface area contributed by atoms with Crippen LogP contribution in [-0.4, -0.2) is 24.5 Å². The van der Waals surface area contributed by atoms with E-state index in [1.54, 1.807) is 30.5 Å². The summed E-state index contributed by atoms with van der Waals surface area (Å²) in [5.74, 6) is 1.46. The number of rotatable bonds is 8. The van der Waals surface area contributed by atoms with E-state index in [-0.39, 0.29) is 12.5 Å². The first kappa shape index (κ1) is 18.8. The maximum atomic E-state index is 11.7. The average Bonchev–Trinajstić information content (AvgIpc) is 2.61. The van der Waals surface area contributed by atoms with Crippen LogP contribution in [0.3, 0.4) is 0 Å². The molecule has 0 aromatic heterocycles. The zero-order chi connectivity index (χ0) is 17.9. The maximum absolute atomic E-state index is 11.7. The predicted molar refractivity (Wildman–Crippen MR) is 101 cm³/mol. The van der Waals surface area contributed by atoms with E-state index in [0.29, 0.717) is 22.3 Å². The molecule has 0 radical (unpaired) electrons. The Hall–Kier alpha value is -2.49. The van der Waals surface area contributed by atoms with Crippen molar-refractivity contribution in [2.24, 2.45) is 5.10 Å². The molecule has 5 nitrogen and oxygen atoms in total. The van der Waals surface area contributed by atoms with Crippen molar-refractivity contribution in [1.29, 1.82) is 5.26 Å². The number of hydrazone groups is 1. The van der Waals surface area contributed by atoms with Crippen molar-refractivity contribution in [3.05, 3.63) is 64.7 Å². The first-order chi connectivity index (χ1) is 12.2. The largest absolute Gasteiger partial charge is 0.479 e. The number of nitrogens with zero attached hydrogens (tertiary/aromatic N) is 2. The molecule has 0 heterocycles. The highest BCUT2D eigenvalue weighted by Crippen LogP contribution is 2.16. The Kier molecular flexibility index (Phi) is 7.83. The van der Waals surface area contributed by atoms with Gasteiger partial charge in [-0.25, -0.2) is 5.43 Å². The molecule has 2 aromatic rings. The molecule has 2 aromatic carbocycles. The summed E-state index contributed by atoms with van der Waals surface area (Å²) in [6, 6.07) is 16.5. The Bertz CT molecular complexity index is 773. The summed E-state index contributed by atoms with van der Waals surface area (Å²) in [7, 11) is 0. The number of amides is 1. The SMILES string of the molecule is N#CCOc1ccc(/C=N/NC(=O)CSCc2cccc(Cl)c2)cc1. The average molecular weight is 374 g/mol. The minimum Gasteiger partial charge on any atom is -0.479 e. The predicted octanol–water partition coefficient (Wildman–Crippen LogP) is 3.63. The summed E-state index contributed by atoms with van der Waals surface area (Å²) in [5.41, 5.74) is 4.38. The van der Waals surface area contributed by atoms with Gasteiger partial charge in [-0.3, -0.25) is 4.79 Å². The number of nitriles is 1. The summed E-state index contributed by atoms with van der Waals surface area (Å²) < 4.78 is 5.15. The third kappa shape index (κ3) is 7.29. The monoisotopic (exact) mass is 373 g/mol. The molecule has 25 heavy (non-hydrogen) atoms. The molecule has 0 aliphatic carbocycles. The fraction of sp³-hybridized carbons (Fsp3) is 0.167. The molecule has 0 spiro atoms. The van der Waals surface area contributed by atoms with Crippen LogP contribution in [0.2, 0.25) is 5.02 Å². The molecule has 1 N–H and O–H groups in total. The minimum atomic E-state index is -0.169. The van der Waals surface area contributed by atoms with Crippen LogP contribution in [0.4, 0.5) is 0 Å². The van der Waals surface area contributed by atoms with Crippen LogP contribution in [0, 0.1) is 11.3 Å². The van der Waals surface area contributed by atoms with Crippen molar-refractivity contribution in [3.8, 4) is 11.8 Å². The quantitative estimate of drug-likeness (QED) is 0.566. The fourth-order valence-corrected chi connectivity index (χ4v) is 2.85. The maximum Gasteiger partial charge on any atom is 0.250 e. The van der Waals surface area contributed by atoms with E-state index >= 15 is 0 Å². The molecule has 7 heteroatoms. The minimum absolute atomic E-state index is 0.0103. The second-order valence-corrected chi connectivity index (χ2v) is 6.35. The molecule has 0 aliphatic rings. The molecule has 0 unspecified atom stereocenters. The van der Waals surface area contributed by atoms with E-state index in [0.717, 1.165) is 11.1 Å². The zero-order valence-electron chi connectivity index (χ0n) is 13.3. The first-order valence-electron chi connectivity index (χ1n) is 7.41. The standard InChI is InChI=1S/C18H16ClN3O2S/c19-16-3-1-2-15(10-16)12-25-13-18(23)22-21-11-14-4-6-17(7-5-14)24-9-8-20/h1-7,10-11H,9,12-13H2,(H,22,23)/b21-11+. The van der Waals surface area contributed by atoms with Gasteiger partial charge in [0.1, 0.15) is 11.8 Å². The Morgan fingerprint density at radius 2 is 2.12 bits per heavy atom. The van der Waals surface area contributed by atoms with Crippen molar-refractivity contribution in [2.75, 3.05) is 12.4 Å². The van der Waals surface area contributed by atoms with E-state index in [1.165, 1.54) is 11.8 Å². The Morgan fingerprint density at radius 3 is 2.84 bits per heavy atom. The molecule has 0 atom stereocenters. The van der Waals surface area contributed by atoms with Gasteiger partial charge >= 0.3 is 0 Å². The number of hydrogen-bond donors (Lipinski definition) is 1.